The van der Waals surface area contributed by atoms with Crippen LogP contribution in [0.15, 0.2) is 22.8 Å². The Morgan fingerprint density at radius 2 is 2.62 bits per heavy atom. The Balaban J connectivity index is 2.56. The maximum Gasteiger partial charge on any atom is 0.414 e. The average Bonchev–Trinajstić information content (AvgIpc) is 2.55. The van der Waals surface area contributed by atoms with Crippen molar-refractivity contribution in [3.8, 4) is 0 Å². The third kappa shape index (κ3) is 2.57. The first kappa shape index (κ1) is 9.22. The quantitative estimate of drug-likeness (QED) is 0.303. The van der Waals surface area contributed by atoms with Crippen molar-refractivity contribution >= 4 is 12.2 Å². The van der Waals surface area contributed by atoms with E-state index in [4.69, 9.17) is 14.7 Å². The molecule has 0 amide bonds. The zero-order valence-corrected chi connectivity index (χ0v) is 7.01. The number of rotatable bonds is 3. The average molecular weight is 180 g/mol. The number of nitrogens with zero attached hydrogens (tertiary/aromatic N) is 2. The van der Waals surface area contributed by atoms with E-state index in [1.54, 1.807) is 19.1 Å². The minimum Gasteiger partial charge on any atom is -0.465 e. The first-order valence-corrected chi connectivity index (χ1v) is 3.65. The van der Waals surface area contributed by atoms with Gasteiger partial charge in [-0.1, -0.05) is 0 Å². The van der Waals surface area contributed by atoms with E-state index >= 15 is 0 Å². The molecule has 5 heteroatoms. The third-order valence-corrected chi connectivity index (χ3v) is 1.40. The SMILES string of the molecule is C[C@H](OC(=O)C=[N+]=[N-])c1ccco1. The highest BCUT2D eigenvalue weighted by molar-refractivity contribution is 6.20. The first-order valence-electron chi connectivity index (χ1n) is 3.65. The maximum atomic E-state index is 10.8. The van der Waals surface area contributed by atoms with E-state index in [1.165, 1.54) is 6.26 Å². The fourth-order valence-electron chi connectivity index (χ4n) is 0.832. The van der Waals surface area contributed by atoms with Crippen LogP contribution in [-0.2, 0) is 9.53 Å². The van der Waals surface area contributed by atoms with Crippen LogP contribution < -0.4 is 0 Å². The third-order valence-electron chi connectivity index (χ3n) is 1.40. The first-order chi connectivity index (χ1) is 6.24. The summed E-state index contributed by atoms with van der Waals surface area (Å²) < 4.78 is 9.78. The monoisotopic (exact) mass is 180 g/mol. The molecule has 0 bridgehead atoms. The Hall–Kier alpha value is -1.87. The Morgan fingerprint density at radius 1 is 1.85 bits per heavy atom. The molecule has 1 aromatic heterocycles. The lowest BCUT2D eigenvalue weighted by Crippen LogP contribution is -2.09. The van der Waals surface area contributed by atoms with E-state index in [0.29, 0.717) is 12.0 Å². The van der Waals surface area contributed by atoms with E-state index in [1.807, 2.05) is 0 Å². The lowest BCUT2D eigenvalue weighted by Gasteiger charge is -2.05. The Bertz CT molecular complexity index is 325. The van der Waals surface area contributed by atoms with Gasteiger partial charge >= 0.3 is 12.2 Å². The van der Waals surface area contributed by atoms with Crippen LogP contribution >= 0.6 is 0 Å². The normalized spacial score (nSPS) is 11.5. The topological polar surface area (TPSA) is 75.8 Å². The van der Waals surface area contributed by atoms with Gasteiger partial charge in [-0.3, -0.25) is 0 Å². The van der Waals surface area contributed by atoms with Crippen molar-refractivity contribution in [2.24, 2.45) is 0 Å². The van der Waals surface area contributed by atoms with Gasteiger partial charge in [0.05, 0.1) is 6.26 Å². The highest BCUT2D eigenvalue weighted by atomic mass is 16.5. The van der Waals surface area contributed by atoms with Crippen LogP contribution in [0.1, 0.15) is 18.8 Å². The van der Waals surface area contributed by atoms with E-state index in [-0.39, 0.29) is 0 Å². The van der Waals surface area contributed by atoms with Crippen molar-refractivity contribution in [1.29, 1.82) is 0 Å². The zero-order valence-electron chi connectivity index (χ0n) is 7.01. The molecule has 0 aliphatic rings. The molecule has 5 nitrogen and oxygen atoms in total. The van der Waals surface area contributed by atoms with E-state index in [0.717, 1.165) is 0 Å². The second-order valence-corrected chi connectivity index (χ2v) is 2.34. The van der Waals surface area contributed by atoms with Crippen molar-refractivity contribution in [3.63, 3.8) is 0 Å². The molecular weight excluding hydrogens is 172 g/mol. The van der Waals surface area contributed by atoms with Gasteiger partial charge in [-0.05, 0) is 19.1 Å². The molecule has 0 spiro atoms. The summed E-state index contributed by atoms with van der Waals surface area (Å²) in [4.78, 5) is 13.3. The number of hydrogen-bond acceptors (Lipinski definition) is 3. The van der Waals surface area contributed by atoms with Crippen LogP contribution in [0.2, 0.25) is 0 Å². The van der Waals surface area contributed by atoms with E-state index in [9.17, 15) is 4.79 Å². The molecule has 0 aromatic carbocycles. The fourth-order valence-corrected chi connectivity index (χ4v) is 0.832. The smallest absolute Gasteiger partial charge is 0.414 e. The summed E-state index contributed by atoms with van der Waals surface area (Å²) in [6.45, 7) is 1.65. The summed E-state index contributed by atoms with van der Waals surface area (Å²) in [5, 5.41) is 0. The lowest BCUT2D eigenvalue weighted by molar-refractivity contribution is -0.144. The molecule has 0 unspecified atom stereocenters. The summed E-state index contributed by atoms with van der Waals surface area (Å²) in [5.74, 6) is -0.175. The van der Waals surface area contributed by atoms with Gasteiger partial charge in [0.2, 0.25) is 0 Å². The predicted molar refractivity (Wildman–Crippen MR) is 42.9 cm³/mol. The summed E-state index contributed by atoms with van der Waals surface area (Å²) in [5.41, 5.74) is 8.03. The second-order valence-electron chi connectivity index (χ2n) is 2.34. The summed E-state index contributed by atoms with van der Waals surface area (Å²) in [6.07, 6.45) is 1.68. The van der Waals surface area contributed by atoms with Crippen LogP contribution in [0.5, 0.6) is 0 Å². The second kappa shape index (κ2) is 4.23. The van der Waals surface area contributed by atoms with Crippen molar-refractivity contribution in [1.82, 2.24) is 0 Å². The van der Waals surface area contributed by atoms with Gasteiger partial charge in [0.15, 0.2) is 6.10 Å². The fraction of sp³-hybridized carbons (Fsp3) is 0.250. The van der Waals surface area contributed by atoms with Gasteiger partial charge in [-0.25, -0.2) is 4.79 Å². The van der Waals surface area contributed by atoms with Gasteiger partial charge in [0.25, 0.3) is 0 Å². The van der Waals surface area contributed by atoms with E-state index in [2.05, 4.69) is 4.79 Å². The Labute approximate surface area is 74.5 Å². The lowest BCUT2D eigenvalue weighted by atomic mass is 10.3. The van der Waals surface area contributed by atoms with Crippen molar-refractivity contribution in [3.05, 3.63) is 29.7 Å². The van der Waals surface area contributed by atoms with Crippen LogP contribution in [0, 0.1) is 0 Å². The number of esters is 1. The summed E-state index contributed by atoms with van der Waals surface area (Å²) in [7, 11) is 0. The van der Waals surface area contributed by atoms with Crippen LogP contribution in [0.3, 0.4) is 0 Å². The van der Waals surface area contributed by atoms with Gasteiger partial charge in [0.1, 0.15) is 5.76 Å². The van der Waals surface area contributed by atoms with Gasteiger partial charge in [-0.15, -0.1) is 0 Å². The molecule has 0 fully saturated rings. The molecule has 0 saturated heterocycles. The minimum atomic E-state index is -0.716. The van der Waals surface area contributed by atoms with Crippen LogP contribution in [-0.4, -0.2) is 17.0 Å². The molecule has 0 aliphatic heterocycles. The van der Waals surface area contributed by atoms with Gasteiger partial charge in [-0.2, -0.15) is 4.79 Å². The van der Waals surface area contributed by atoms with Crippen molar-refractivity contribution in [2.45, 2.75) is 13.0 Å². The standard InChI is InChI=1S/C8H8N2O3/c1-6(7-3-2-4-12-7)13-8(11)5-10-9/h2-6H,1H3/t6-/m0/s1. The number of carbonyl (C=O) groups excluding carboxylic acids is 1. The number of ether oxygens (including phenoxy) is 1. The largest absolute Gasteiger partial charge is 0.465 e. The van der Waals surface area contributed by atoms with E-state index < -0.39 is 12.1 Å². The Kier molecular flexibility index (Phi) is 3.00. The number of furan rings is 1. The van der Waals surface area contributed by atoms with Crippen LogP contribution in [0.25, 0.3) is 5.53 Å². The molecule has 1 rings (SSSR count). The van der Waals surface area contributed by atoms with Gasteiger partial charge < -0.3 is 14.7 Å². The highest BCUT2D eigenvalue weighted by Gasteiger charge is 2.14. The Morgan fingerprint density at radius 3 is 3.15 bits per heavy atom. The minimum absolute atomic E-state index is 0.486. The van der Waals surface area contributed by atoms with Gasteiger partial charge in [0, 0.05) is 0 Å². The zero-order chi connectivity index (χ0) is 9.68. The summed E-state index contributed by atoms with van der Waals surface area (Å²) in [6, 6.07) is 3.38. The number of hydrogen-bond donors (Lipinski definition) is 0. The molecule has 1 atom stereocenters. The predicted octanol–water partition coefficient (Wildman–Crippen LogP) is 1.18. The molecule has 0 N–H and O–H groups in total. The molecule has 0 aliphatic carbocycles. The molecule has 1 heterocycles. The van der Waals surface area contributed by atoms with Crippen molar-refractivity contribution < 1.29 is 18.7 Å². The molecular formula is C8H8N2O3. The number of carbonyl (C=O) groups is 1. The molecule has 0 radical (unpaired) electrons. The molecule has 13 heavy (non-hydrogen) atoms. The maximum absolute atomic E-state index is 10.8. The molecule has 0 saturated carbocycles. The molecule has 1 aromatic rings. The highest BCUT2D eigenvalue weighted by Crippen LogP contribution is 2.16. The van der Waals surface area contributed by atoms with Crippen molar-refractivity contribution in [2.75, 3.05) is 0 Å². The summed E-state index contributed by atoms with van der Waals surface area (Å²) >= 11 is 0. The molecule has 68 valence electrons. The van der Waals surface area contributed by atoms with Crippen LogP contribution in [0.4, 0.5) is 0 Å².